The second-order valence-electron chi connectivity index (χ2n) is 7.34. The SMILES string of the molecule is C=CCCc1nn(C/C=C/C)c(=O)n1Cc1ccc(-c2ccccc2-c2nn[nH]n2)cc1. The minimum atomic E-state index is -0.103. The van der Waals surface area contributed by atoms with E-state index in [0.29, 0.717) is 25.3 Å². The van der Waals surface area contributed by atoms with Crippen LogP contribution < -0.4 is 5.69 Å². The minimum absolute atomic E-state index is 0.103. The molecule has 0 saturated carbocycles. The Kier molecular flexibility index (Phi) is 6.50. The van der Waals surface area contributed by atoms with Crippen LogP contribution in [0.15, 0.2) is 78.1 Å². The average molecular weight is 428 g/mol. The highest BCUT2D eigenvalue weighted by molar-refractivity contribution is 5.80. The summed E-state index contributed by atoms with van der Waals surface area (Å²) < 4.78 is 3.25. The van der Waals surface area contributed by atoms with Crippen molar-refractivity contribution >= 4 is 0 Å². The van der Waals surface area contributed by atoms with E-state index in [9.17, 15) is 4.79 Å². The second-order valence-corrected chi connectivity index (χ2v) is 7.34. The monoisotopic (exact) mass is 427 g/mol. The third kappa shape index (κ3) is 4.49. The van der Waals surface area contributed by atoms with Crippen LogP contribution in [0, 0.1) is 0 Å². The van der Waals surface area contributed by atoms with Crippen molar-refractivity contribution < 1.29 is 0 Å². The molecule has 0 aliphatic heterocycles. The predicted octanol–water partition coefficient (Wildman–Crippen LogP) is 3.63. The zero-order valence-electron chi connectivity index (χ0n) is 18.0. The van der Waals surface area contributed by atoms with Crippen LogP contribution in [0.2, 0.25) is 0 Å². The van der Waals surface area contributed by atoms with E-state index < -0.39 is 0 Å². The first-order chi connectivity index (χ1) is 15.7. The molecule has 4 aromatic rings. The molecule has 0 fully saturated rings. The number of nitrogens with one attached hydrogen (secondary N) is 1. The van der Waals surface area contributed by atoms with Gasteiger partial charge in [0.2, 0.25) is 5.82 Å². The zero-order valence-corrected chi connectivity index (χ0v) is 18.0. The Balaban J connectivity index is 1.62. The fraction of sp³-hybridized carbons (Fsp3) is 0.208. The highest BCUT2D eigenvalue weighted by Crippen LogP contribution is 2.29. The van der Waals surface area contributed by atoms with E-state index in [1.807, 2.05) is 73.7 Å². The predicted molar refractivity (Wildman–Crippen MR) is 124 cm³/mol. The number of allylic oxidation sites excluding steroid dienone is 3. The minimum Gasteiger partial charge on any atom is -0.274 e. The number of aromatic amines is 1. The van der Waals surface area contributed by atoms with Crippen LogP contribution in [0.4, 0.5) is 0 Å². The van der Waals surface area contributed by atoms with Gasteiger partial charge in [-0.25, -0.2) is 9.48 Å². The van der Waals surface area contributed by atoms with Gasteiger partial charge >= 0.3 is 5.69 Å². The molecule has 0 radical (unpaired) electrons. The van der Waals surface area contributed by atoms with Crippen LogP contribution in [-0.2, 0) is 19.5 Å². The van der Waals surface area contributed by atoms with Crippen LogP contribution >= 0.6 is 0 Å². The summed E-state index contributed by atoms with van der Waals surface area (Å²) in [7, 11) is 0. The van der Waals surface area contributed by atoms with Crippen molar-refractivity contribution in [1.29, 1.82) is 0 Å². The lowest BCUT2D eigenvalue weighted by Gasteiger charge is -2.09. The Labute approximate surface area is 185 Å². The number of benzene rings is 2. The van der Waals surface area contributed by atoms with Crippen molar-refractivity contribution in [2.45, 2.75) is 32.9 Å². The maximum absolute atomic E-state index is 12.9. The molecule has 8 nitrogen and oxygen atoms in total. The van der Waals surface area contributed by atoms with Crippen molar-refractivity contribution in [1.82, 2.24) is 35.0 Å². The number of aryl methyl sites for hydroxylation is 1. The lowest BCUT2D eigenvalue weighted by Crippen LogP contribution is -2.25. The summed E-state index contributed by atoms with van der Waals surface area (Å²) in [6.07, 6.45) is 7.13. The number of rotatable bonds is 9. The molecule has 0 spiro atoms. The smallest absolute Gasteiger partial charge is 0.274 e. The molecular formula is C24H25N7O. The molecule has 162 valence electrons. The van der Waals surface area contributed by atoms with E-state index in [2.05, 4.69) is 32.3 Å². The first kappa shape index (κ1) is 21.2. The van der Waals surface area contributed by atoms with Gasteiger partial charge in [-0.2, -0.15) is 10.3 Å². The van der Waals surface area contributed by atoms with Crippen LogP contribution in [-0.4, -0.2) is 35.0 Å². The van der Waals surface area contributed by atoms with Gasteiger partial charge in [0.15, 0.2) is 0 Å². The molecule has 8 heteroatoms. The molecule has 2 heterocycles. The van der Waals surface area contributed by atoms with E-state index in [-0.39, 0.29) is 5.69 Å². The fourth-order valence-corrected chi connectivity index (χ4v) is 3.56. The first-order valence-corrected chi connectivity index (χ1v) is 10.5. The highest BCUT2D eigenvalue weighted by Gasteiger charge is 2.14. The summed E-state index contributed by atoms with van der Waals surface area (Å²) in [5.74, 6) is 1.32. The molecule has 32 heavy (non-hydrogen) atoms. The molecule has 0 saturated heterocycles. The van der Waals surface area contributed by atoms with Crippen LogP contribution in [0.3, 0.4) is 0 Å². The van der Waals surface area contributed by atoms with Gasteiger partial charge < -0.3 is 0 Å². The first-order valence-electron chi connectivity index (χ1n) is 10.5. The Bertz CT molecular complexity index is 1260. The maximum atomic E-state index is 12.9. The third-order valence-corrected chi connectivity index (χ3v) is 5.20. The lowest BCUT2D eigenvalue weighted by atomic mass is 9.98. The van der Waals surface area contributed by atoms with Gasteiger partial charge in [0.05, 0.1) is 13.1 Å². The quantitative estimate of drug-likeness (QED) is 0.412. The van der Waals surface area contributed by atoms with Gasteiger partial charge in [-0.3, -0.25) is 4.57 Å². The summed E-state index contributed by atoms with van der Waals surface area (Å²) in [5, 5.41) is 18.9. The van der Waals surface area contributed by atoms with Crippen molar-refractivity contribution in [3.63, 3.8) is 0 Å². The van der Waals surface area contributed by atoms with Crippen molar-refractivity contribution in [2.24, 2.45) is 0 Å². The number of hydrogen-bond donors (Lipinski definition) is 1. The third-order valence-electron chi connectivity index (χ3n) is 5.20. The summed E-state index contributed by atoms with van der Waals surface area (Å²) in [4.78, 5) is 12.9. The highest BCUT2D eigenvalue weighted by atomic mass is 16.2. The number of H-pyrrole nitrogens is 1. The van der Waals surface area contributed by atoms with Gasteiger partial charge in [-0.05, 0) is 35.2 Å². The van der Waals surface area contributed by atoms with Crippen LogP contribution in [0.1, 0.15) is 24.7 Å². The summed E-state index contributed by atoms with van der Waals surface area (Å²) >= 11 is 0. The number of hydrogen-bond acceptors (Lipinski definition) is 5. The van der Waals surface area contributed by atoms with E-state index in [4.69, 9.17) is 0 Å². The Hall–Kier alpha value is -4.07. The van der Waals surface area contributed by atoms with Gasteiger partial charge in [-0.15, -0.1) is 16.8 Å². The van der Waals surface area contributed by atoms with Crippen LogP contribution in [0.5, 0.6) is 0 Å². The lowest BCUT2D eigenvalue weighted by molar-refractivity contribution is 0.647. The molecular weight excluding hydrogens is 402 g/mol. The number of tetrazole rings is 1. The van der Waals surface area contributed by atoms with E-state index in [1.165, 1.54) is 4.68 Å². The fourth-order valence-electron chi connectivity index (χ4n) is 3.56. The molecule has 4 rings (SSSR count). The maximum Gasteiger partial charge on any atom is 0.346 e. The molecule has 0 amide bonds. The van der Waals surface area contributed by atoms with E-state index >= 15 is 0 Å². The largest absolute Gasteiger partial charge is 0.346 e. The van der Waals surface area contributed by atoms with Gasteiger partial charge in [0.1, 0.15) is 5.82 Å². The molecule has 0 aliphatic carbocycles. The summed E-state index contributed by atoms with van der Waals surface area (Å²) in [6, 6.07) is 16.1. The van der Waals surface area contributed by atoms with Crippen molar-refractivity contribution in [2.75, 3.05) is 0 Å². The standard InChI is InChI=1S/C24H25N7O/c1-3-5-11-22-27-31(16-6-4-2)24(32)30(22)17-18-12-14-19(15-13-18)20-9-7-8-10-21(20)23-25-28-29-26-23/h3-4,6-10,12-15H,1,5,11,16-17H2,2H3,(H,25,26,28,29)/b6-4+. The van der Waals surface area contributed by atoms with Gasteiger partial charge in [-0.1, -0.05) is 66.8 Å². The topological polar surface area (TPSA) is 94.3 Å². The normalized spacial score (nSPS) is 11.3. The van der Waals surface area contributed by atoms with Gasteiger partial charge in [0, 0.05) is 12.0 Å². The average Bonchev–Trinajstić information content (AvgIpc) is 3.46. The van der Waals surface area contributed by atoms with Crippen molar-refractivity contribution in [3.8, 4) is 22.5 Å². The van der Waals surface area contributed by atoms with Crippen LogP contribution in [0.25, 0.3) is 22.5 Å². The molecule has 1 N–H and O–H groups in total. The molecule has 2 aromatic heterocycles. The second kappa shape index (κ2) is 9.82. The summed E-state index contributed by atoms with van der Waals surface area (Å²) in [5.41, 5.74) is 3.88. The molecule has 2 aromatic carbocycles. The Morgan fingerprint density at radius 2 is 1.88 bits per heavy atom. The number of aromatic nitrogens is 7. The Morgan fingerprint density at radius 1 is 1.09 bits per heavy atom. The van der Waals surface area contributed by atoms with E-state index in [0.717, 1.165) is 34.5 Å². The molecule has 0 aliphatic rings. The van der Waals surface area contributed by atoms with Gasteiger partial charge in [0.25, 0.3) is 0 Å². The molecule has 0 atom stereocenters. The van der Waals surface area contributed by atoms with E-state index in [1.54, 1.807) is 4.57 Å². The zero-order chi connectivity index (χ0) is 22.3. The number of nitrogens with zero attached hydrogens (tertiary/aromatic N) is 6. The van der Waals surface area contributed by atoms with Crippen molar-refractivity contribution in [3.05, 3.63) is 95.2 Å². The molecule has 0 bridgehead atoms. The summed E-state index contributed by atoms with van der Waals surface area (Å²) in [6.45, 7) is 6.65. The Morgan fingerprint density at radius 3 is 2.56 bits per heavy atom. The molecule has 0 unspecified atom stereocenters.